The zero-order chi connectivity index (χ0) is 37.4. The highest BCUT2D eigenvalue weighted by Gasteiger charge is 2.37. The van der Waals surface area contributed by atoms with Crippen LogP contribution in [0.4, 0.5) is 10.6 Å². The molecule has 11 heteroatoms. The number of amides is 1. The van der Waals surface area contributed by atoms with Crippen molar-refractivity contribution < 1.29 is 9.53 Å². The topological polar surface area (TPSA) is 96.7 Å². The van der Waals surface area contributed by atoms with Gasteiger partial charge in [0.05, 0.1) is 27.5 Å². The molecule has 1 fully saturated rings. The second-order valence-electron chi connectivity index (χ2n) is 15.3. The Kier molecular flexibility index (Phi) is 11.5. The number of fused-ring (bicyclic) bond motifs is 1. The summed E-state index contributed by atoms with van der Waals surface area (Å²) >= 11 is 7.19. The first-order valence-corrected chi connectivity index (χ1v) is 18.6. The molecule has 1 amide bonds. The van der Waals surface area contributed by atoms with Crippen molar-refractivity contribution >= 4 is 34.5 Å². The minimum Gasteiger partial charge on any atom is -0.444 e. The standard InChI is InChI=1S/C40H54ClN7O3/c1-12-45(13-2)23-28-18-19-42-33(25(5)6)35(28)48-37-31(20-32(41)34(43-37)30-17-15-14-16-29(30)24(3)4)36(44-38(48)49)46-21-27(8)47(22-26(46)7)39(50)51-40(9,10)11/h14-20,24-27H,12-13,21-23H2,1-11H3. The van der Waals surface area contributed by atoms with Gasteiger partial charge in [-0.3, -0.25) is 9.88 Å². The van der Waals surface area contributed by atoms with E-state index in [2.05, 4.69) is 57.4 Å². The van der Waals surface area contributed by atoms with Gasteiger partial charge in [0, 0.05) is 43.5 Å². The number of carbonyl (C=O) groups excluding carboxylic acids is 1. The number of aromatic nitrogens is 4. The summed E-state index contributed by atoms with van der Waals surface area (Å²) in [5.74, 6) is 0.737. The van der Waals surface area contributed by atoms with Crippen molar-refractivity contribution in [3.8, 4) is 16.9 Å². The van der Waals surface area contributed by atoms with E-state index >= 15 is 0 Å². The lowest BCUT2D eigenvalue weighted by Crippen LogP contribution is -2.59. The summed E-state index contributed by atoms with van der Waals surface area (Å²) in [4.78, 5) is 49.0. The number of piperazine rings is 1. The number of pyridine rings is 2. The van der Waals surface area contributed by atoms with Crippen molar-refractivity contribution in [2.45, 2.75) is 112 Å². The van der Waals surface area contributed by atoms with Crippen LogP contribution in [-0.2, 0) is 11.3 Å². The Morgan fingerprint density at radius 2 is 1.69 bits per heavy atom. The number of nitrogens with zero attached hydrogens (tertiary/aromatic N) is 7. The lowest BCUT2D eigenvalue weighted by atomic mass is 9.95. The van der Waals surface area contributed by atoms with Gasteiger partial charge in [-0.05, 0) is 82.8 Å². The van der Waals surface area contributed by atoms with E-state index in [0.717, 1.165) is 35.5 Å². The van der Waals surface area contributed by atoms with E-state index in [1.54, 1.807) is 9.47 Å². The molecule has 1 aliphatic rings. The quantitative estimate of drug-likeness (QED) is 0.170. The summed E-state index contributed by atoms with van der Waals surface area (Å²) in [6.45, 7) is 25.6. The van der Waals surface area contributed by atoms with Crippen LogP contribution in [0.15, 0.2) is 47.4 Å². The third kappa shape index (κ3) is 7.92. The first kappa shape index (κ1) is 38.2. The van der Waals surface area contributed by atoms with Gasteiger partial charge in [-0.2, -0.15) is 4.98 Å². The molecule has 4 heterocycles. The number of hydrogen-bond acceptors (Lipinski definition) is 8. The number of halogens is 1. The largest absolute Gasteiger partial charge is 0.444 e. The van der Waals surface area contributed by atoms with E-state index in [0.29, 0.717) is 52.9 Å². The van der Waals surface area contributed by atoms with Gasteiger partial charge in [-0.15, -0.1) is 0 Å². The molecular weight excluding hydrogens is 662 g/mol. The summed E-state index contributed by atoms with van der Waals surface area (Å²) in [7, 11) is 0. The molecule has 0 spiro atoms. The Morgan fingerprint density at radius 1 is 1.00 bits per heavy atom. The number of ether oxygens (including phenoxy) is 1. The lowest BCUT2D eigenvalue weighted by molar-refractivity contribution is 0.0130. The molecule has 10 nitrogen and oxygen atoms in total. The second-order valence-corrected chi connectivity index (χ2v) is 15.7. The van der Waals surface area contributed by atoms with E-state index in [1.165, 1.54) is 0 Å². The van der Waals surface area contributed by atoms with Gasteiger partial charge in [0.1, 0.15) is 11.4 Å². The smallest absolute Gasteiger partial charge is 0.410 e. The molecule has 0 radical (unpaired) electrons. The zero-order valence-corrected chi connectivity index (χ0v) is 32.9. The molecule has 1 aromatic carbocycles. The number of benzene rings is 1. The highest BCUT2D eigenvalue weighted by Crippen LogP contribution is 2.38. The van der Waals surface area contributed by atoms with Crippen molar-refractivity contribution in [2.75, 3.05) is 31.1 Å². The molecule has 51 heavy (non-hydrogen) atoms. The Labute approximate surface area is 307 Å². The number of anilines is 1. The molecule has 0 bridgehead atoms. The molecule has 4 aromatic rings. The molecule has 0 N–H and O–H groups in total. The maximum absolute atomic E-state index is 14.7. The molecule has 0 saturated carbocycles. The summed E-state index contributed by atoms with van der Waals surface area (Å²) in [5, 5.41) is 1.12. The second kappa shape index (κ2) is 15.3. The van der Waals surface area contributed by atoms with Crippen molar-refractivity contribution in [3.63, 3.8) is 0 Å². The fourth-order valence-electron chi connectivity index (χ4n) is 6.94. The molecular formula is C40H54ClN7O3. The van der Waals surface area contributed by atoms with Gasteiger partial charge < -0.3 is 14.5 Å². The minimum absolute atomic E-state index is 0.0218. The van der Waals surface area contributed by atoms with Gasteiger partial charge in [0.2, 0.25) is 0 Å². The van der Waals surface area contributed by atoms with Crippen LogP contribution in [-0.4, -0.2) is 79.3 Å². The Hall–Kier alpha value is -4.02. The molecule has 1 aliphatic heterocycles. The predicted molar refractivity (Wildman–Crippen MR) is 207 cm³/mol. The molecule has 3 aromatic heterocycles. The van der Waals surface area contributed by atoms with Crippen LogP contribution < -0.4 is 10.6 Å². The fourth-order valence-corrected chi connectivity index (χ4v) is 7.19. The normalized spacial score (nSPS) is 16.9. The SMILES string of the molecule is CCN(CC)Cc1ccnc(C(C)C)c1-n1c(=O)nc(N2CC(C)N(C(=O)OC(C)(C)C)CC2C)c2cc(Cl)c(-c3ccccc3C(C)C)nc21. The van der Waals surface area contributed by atoms with Gasteiger partial charge in [-0.25, -0.2) is 19.1 Å². The van der Waals surface area contributed by atoms with Crippen LogP contribution in [0.5, 0.6) is 0 Å². The summed E-state index contributed by atoms with van der Waals surface area (Å²) < 4.78 is 7.39. The maximum Gasteiger partial charge on any atom is 0.410 e. The molecule has 2 unspecified atom stereocenters. The number of carbonyl (C=O) groups is 1. The van der Waals surface area contributed by atoms with Gasteiger partial charge in [-0.1, -0.05) is 77.4 Å². The highest BCUT2D eigenvalue weighted by molar-refractivity contribution is 6.34. The average Bonchev–Trinajstić information content (AvgIpc) is 3.06. The summed E-state index contributed by atoms with van der Waals surface area (Å²) in [6, 6.07) is 11.7. The minimum atomic E-state index is -0.612. The Balaban J connectivity index is 1.80. The summed E-state index contributed by atoms with van der Waals surface area (Å²) in [5.41, 5.74) is 4.53. The van der Waals surface area contributed by atoms with Crippen molar-refractivity contribution in [2.24, 2.45) is 0 Å². The van der Waals surface area contributed by atoms with Crippen LogP contribution in [0.2, 0.25) is 5.02 Å². The van der Waals surface area contributed by atoms with Crippen LogP contribution >= 0.6 is 11.6 Å². The van der Waals surface area contributed by atoms with E-state index in [-0.39, 0.29) is 30.0 Å². The van der Waals surface area contributed by atoms with Gasteiger partial charge in [0.15, 0.2) is 5.65 Å². The first-order valence-electron chi connectivity index (χ1n) is 18.2. The lowest BCUT2D eigenvalue weighted by Gasteiger charge is -2.44. The monoisotopic (exact) mass is 715 g/mol. The first-order chi connectivity index (χ1) is 24.1. The fraction of sp³-hybridized carbons (Fsp3) is 0.525. The van der Waals surface area contributed by atoms with E-state index in [1.807, 2.05) is 71.1 Å². The predicted octanol–water partition coefficient (Wildman–Crippen LogP) is 8.42. The molecule has 0 aliphatic carbocycles. The van der Waals surface area contributed by atoms with Crippen molar-refractivity contribution in [1.29, 1.82) is 0 Å². The molecule has 2 atom stereocenters. The average molecular weight is 716 g/mol. The van der Waals surface area contributed by atoms with Crippen molar-refractivity contribution in [3.05, 3.63) is 74.9 Å². The summed E-state index contributed by atoms with van der Waals surface area (Å²) in [6.07, 6.45) is 1.47. The maximum atomic E-state index is 14.7. The third-order valence-corrected chi connectivity index (χ3v) is 9.91. The van der Waals surface area contributed by atoms with Crippen LogP contribution in [0.1, 0.15) is 105 Å². The van der Waals surface area contributed by atoms with Crippen LogP contribution in [0.25, 0.3) is 28.0 Å². The number of rotatable bonds is 9. The van der Waals surface area contributed by atoms with Crippen LogP contribution in [0.3, 0.4) is 0 Å². The van der Waals surface area contributed by atoms with E-state index in [4.69, 9.17) is 31.3 Å². The Morgan fingerprint density at radius 3 is 2.31 bits per heavy atom. The third-order valence-electron chi connectivity index (χ3n) is 9.62. The number of hydrogen-bond donors (Lipinski definition) is 0. The van der Waals surface area contributed by atoms with Gasteiger partial charge >= 0.3 is 11.8 Å². The van der Waals surface area contributed by atoms with Crippen molar-refractivity contribution in [1.82, 2.24) is 29.3 Å². The van der Waals surface area contributed by atoms with Gasteiger partial charge in [0.25, 0.3) is 0 Å². The molecule has 5 rings (SSSR count). The van der Waals surface area contributed by atoms with E-state index < -0.39 is 11.3 Å². The molecule has 274 valence electrons. The zero-order valence-electron chi connectivity index (χ0n) is 32.1. The Bertz CT molecular complexity index is 1950. The van der Waals surface area contributed by atoms with Crippen LogP contribution in [0, 0.1) is 0 Å². The highest BCUT2D eigenvalue weighted by atomic mass is 35.5. The van der Waals surface area contributed by atoms with E-state index in [9.17, 15) is 9.59 Å². The molecule has 1 saturated heterocycles.